The number of benzene rings is 3. The fourth-order valence-corrected chi connectivity index (χ4v) is 5.76. The number of esters is 1. The van der Waals surface area contributed by atoms with Gasteiger partial charge < -0.3 is 24.4 Å². The number of nitrogens with zero attached hydrogens (tertiary/aromatic N) is 1. The lowest BCUT2D eigenvalue weighted by Crippen LogP contribution is -2.34. The molecular formula is C36H44N2O5. The van der Waals surface area contributed by atoms with Crippen LogP contribution in [0.25, 0.3) is 11.1 Å². The van der Waals surface area contributed by atoms with Crippen molar-refractivity contribution in [3.8, 4) is 16.9 Å². The highest BCUT2D eigenvalue weighted by atomic mass is 16.6. The summed E-state index contributed by atoms with van der Waals surface area (Å²) in [5.41, 5.74) is 6.24. The van der Waals surface area contributed by atoms with Gasteiger partial charge in [-0.1, -0.05) is 36.4 Å². The average molecular weight is 585 g/mol. The van der Waals surface area contributed by atoms with E-state index in [0.717, 1.165) is 40.9 Å². The summed E-state index contributed by atoms with van der Waals surface area (Å²) in [4.78, 5) is 26.9. The molecule has 7 heteroatoms. The van der Waals surface area contributed by atoms with Gasteiger partial charge in [-0.05, 0) is 111 Å². The molecule has 1 spiro atoms. The summed E-state index contributed by atoms with van der Waals surface area (Å²) >= 11 is 0. The third kappa shape index (κ3) is 8.09. The molecule has 1 N–H and O–H groups in total. The van der Waals surface area contributed by atoms with E-state index in [9.17, 15) is 9.59 Å². The van der Waals surface area contributed by atoms with Crippen molar-refractivity contribution in [3.05, 3.63) is 83.4 Å². The number of nitrogens with one attached hydrogen (secondary N) is 1. The van der Waals surface area contributed by atoms with Crippen LogP contribution in [0.5, 0.6) is 5.75 Å². The zero-order chi connectivity index (χ0) is 30.6. The van der Waals surface area contributed by atoms with Crippen LogP contribution in [-0.4, -0.2) is 37.9 Å². The van der Waals surface area contributed by atoms with Crippen LogP contribution < -0.4 is 15.0 Å². The molecule has 1 unspecified atom stereocenters. The number of hydrogen-bond donors (Lipinski definition) is 1. The summed E-state index contributed by atoms with van der Waals surface area (Å²) < 4.78 is 16.6. The molecule has 2 fully saturated rings. The van der Waals surface area contributed by atoms with Crippen LogP contribution in [0.2, 0.25) is 0 Å². The zero-order valence-corrected chi connectivity index (χ0v) is 26.1. The first-order valence-electron chi connectivity index (χ1n) is 15.3. The quantitative estimate of drug-likeness (QED) is 0.261. The van der Waals surface area contributed by atoms with Crippen LogP contribution in [0.3, 0.4) is 0 Å². The van der Waals surface area contributed by atoms with Crippen molar-refractivity contribution >= 4 is 17.7 Å². The van der Waals surface area contributed by atoms with Gasteiger partial charge in [0, 0.05) is 24.3 Å². The highest BCUT2D eigenvalue weighted by Gasteiger charge is 2.44. The number of hydrogen-bond acceptors (Lipinski definition) is 6. The number of para-hydroxylation sites is 1. The largest absolute Gasteiger partial charge is 0.489 e. The highest BCUT2D eigenvalue weighted by Crippen LogP contribution is 2.54. The molecule has 1 aliphatic carbocycles. The number of rotatable bonds is 9. The van der Waals surface area contributed by atoms with E-state index >= 15 is 0 Å². The second-order valence-corrected chi connectivity index (χ2v) is 13.0. The van der Waals surface area contributed by atoms with Crippen molar-refractivity contribution in [2.75, 3.05) is 25.1 Å². The summed E-state index contributed by atoms with van der Waals surface area (Å²) in [6.45, 7) is 10.0. The molecule has 0 bridgehead atoms. The zero-order valence-electron chi connectivity index (χ0n) is 26.1. The van der Waals surface area contributed by atoms with Gasteiger partial charge in [0.15, 0.2) is 0 Å². The van der Waals surface area contributed by atoms with Gasteiger partial charge in [0.25, 0.3) is 0 Å². The highest BCUT2D eigenvalue weighted by molar-refractivity contribution is 5.74. The molecule has 228 valence electrons. The van der Waals surface area contributed by atoms with Gasteiger partial charge in [0.05, 0.1) is 19.6 Å². The van der Waals surface area contributed by atoms with E-state index in [1.807, 2.05) is 64.1 Å². The SMILES string of the molecule is COC(=O)Cc1ccccc1OCc1cc(-c2cccc(C(C)NC(=O)OC(C)(C)C)c2)cc(N2CCC3(CC2)CC3)c1. The minimum absolute atomic E-state index is 0.162. The predicted molar refractivity (Wildman–Crippen MR) is 169 cm³/mol. The number of ether oxygens (including phenoxy) is 3. The van der Waals surface area contributed by atoms with Crippen LogP contribution in [-0.2, 0) is 27.3 Å². The Kier molecular flexibility index (Phi) is 9.00. The topological polar surface area (TPSA) is 77.1 Å². The third-order valence-electron chi connectivity index (χ3n) is 8.51. The number of carbonyl (C=O) groups excluding carboxylic acids is 2. The Morgan fingerprint density at radius 2 is 1.67 bits per heavy atom. The number of alkyl carbamates (subject to hydrolysis) is 1. The third-order valence-corrected chi connectivity index (χ3v) is 8.51. The first kappa shape index (κ1) is 30.5. The Morgan fingerprint density at radius 3 is 2.37 bits per heavy atom. The smallest absolute Gasteiger partial charge is 0.408 e. The standard InChI is InChI=1S/C36H44N2O5/c1-25(37-34(40)43-35(2,3)4)27-10-8-11-28(21-27)30-19-26(20-31(22-30)38-17-15-36(13-14-36)16-18-38)24-42-32-12-7-6-9-29(32)23-33(39)41-5/h6-12,19-22,25H,13-18,23-24H2,1-5H3,(H,37,40). The molecule has 1 saturated heterocycles. The normalized spacial score (nSPS) is 16.3. The maximum atomic E-state index is 12.4. The number of methoxy groups -OCH3 is 1. The Morgan fingerprint density at radius 1 is 0.930 bits per heavy atom. The summed E-state index contributed by atoms with van der Waals surface area (Å²) in [6, 6.07) is 22.3. The van der Waals surface area contributed by atoms with Crippen LogP contribution >= 0.6 is 0 Å². The first-order valence-corrected chi connectivity index (χ1v) is 15.3. The molecule has 1 amide bonds. The molecule has 1 heterocycles. The molecule has 2 aliphatic rings. The van der Waals surface area contributed by atoms with Crippen LogP contribution in [0.15, 0.2) is 66.7 Å². The van der Waals surface area contributed by atoms with E-state index in [0.29, 0.717) is 17.8 Å². The molecule has 3 aromatic rings. The molecule has 1 aliphatic heterocycles. The number of carbonyl (C=O) groups is 2. The molecule has 43 heavy (non-hydrogen) atoms. The van der Waals surface area contributed by atoms with E-state index in [-0.39, 0.29) is 18.4 Å². The monoisotopic (exact) mass is 584 g/mol. The average Bonchev–Trinajstić information content (AvgIpc) is 3.74. The van der Waals surface area contributed by atoms with E-state index in [2.05, 4.69) is 40.5 Å². The van der Waals surface area contributed by atoms with E-state index in [1.54, 1.807) is 0 Å². The van der Waals surface area contributed by atoms with Crippen molar-refractivity contribution in [2.24, 2.45) is 5.41 Å². The Balaban J connectivity index is 1.40. The number of amides is 1. The Labute approximate surface area is 255 Å². The van der Waals surface area contributed by atoms with Crippen molar-refractivity contribution in [3.63, 3.8) is 0 Å². The van der Waals surface area contributed by atoms with Crippen molar-refractivity contribution in [1.82, 2.24) is 5.32 Å². The molecule has 3 aromatic carbocycles. The number of anilines is 1. The second kappa shape index (κ2) is 12.7. The van der Waals surface area contributed by atoms with Gasteiger partial charge in [0.2, 0.25) is 0 Å². The van der Waals surface area contributed by atoms with E-state index in [1.165, 1.54) is 38.5 Å². The van der Waals surface area contributed by atoms with Crippen LogP contribution in [0.1, 0.15) is 76.1 Å². The van der Waals surface area contributed by atoms with Gasteiger partial charge in [0.1, 0.15) is 18.0 Å². The molecule has 0 radical (unpaired) electrons. The molecular weight excluding hydrogens is 540 g/mol. The Hall–Kier alpha value is -4.00. The van der Waals surface area contributed by atoms with Gasteiger partial charge >= 0.3 is 12.1 Å². The lowest BCUT2D eigenvalue weighted by Gasteiger charge is -2.34. The summed E-state index contributed by atoms with van der Waals surface area (Å²) in [6.07, 6.45) is 4.95. The predicted octanol–water partition coefficient (Wildman–Crippen LogP) is 7.61. The van der Waals surface area contributed by atoms with Crippen molar-refractivity contribution in [2.45, 2.75) is 78.0 Å². The van der Waals surface area contributed by atoms with Gasteiger partial charge in [-0.25, -0.2) is 4.79 Å². The van der Waals surface area contributed by atoms with Gasteiger partial charge in [-0.15, -0.1) is 0 Å². The molecule has 1 atom stereocenters. The maximum absolute atomic E-state index is 12.4. The molecule has 7 nitrogen and oxygen atoms in total. The fraction of sp³-hybridized carbons (Fsp3) is 0.444. The van der Waals surface area contributed by atoms with Crippen LogP contribution in [0, 0.1) is 5.41 Å². The lowest BCUT2D eigenvalue weighted by molar-refractivity contribution is -0.139. The summed E-state index contributed by atoms with van der Waals surface area (Å²) in [7, 11) is 1.40. The minimum Gasteiger partial charge on any atom is -0.489 e. The van der Waals surface area contributed by atoms with Crippen LogP contribution in [0.4, 0.5) is 10.5 Å². The number of piperidine rings is 1. The minimum atomic E-state index is -0.558. The fourth-order valence-electron chi connectivity index (χ4n) is 5.76. The van der Waals surface area contributed by atoms with Crippen molar-refractivity contribution in [1.29, 1.82) is 0 Å². The van der Waals surface area contributed by atoms with Crippen molar-refractivity contribution < 1.29 is 23.8 Å². The summed E-state index contributed by atoms with van der Waals surface area (Å²) in [5, 5.41) is 2.96. The first-order chi connectivity index (χ1) is 20.5. The molecule has 1 saturated carbocycles. The van der Waals surface area contributed by atoms with E-state index in [4.69, 9.17) is 14.2 Å². The lowest BCUT2D eigenvalue weighted by atomic mass is 9.92. The summed E-state index contributed by atoms with van der Waals surface area (Å²) in [5.74, 6) is 0.381. The maximum Gasteiger partial charge on any atom is 0.408 e. The van der Waals surface area contributed by atoms with Gasteiger partial charge in [-0.2, -0.15) is 0 Å². The Bertz CT molecular complexity index is 1450. The van der Waals surface area contributed by atoms with Gasteiger partial charge in [-0.3, -0.25) is 4.79 Å². The molecule has 0 aromatic heterocycles. The molecule has 5 rings (SSSR count). The van der Waals surface area contributed by atoms with E-state index < -0.39 is 11.7 Å². The second-order valence-electron chi connectivity index (χ2n) is 13.0.